The van der Waals surface area contributed by atoms with Gasteiger partial charge >= 0.3 is 0 Å². The first-order chi connectivity index (χ1) is 2.56. The molecule has 1 unspecified atom stereocenters. The summed E-state index contributed by atoms with van der Waals surface area (Å²) in [5.41, 5.74) is 0. The quantitative estimate of drug-likeness (QED) is 0.463. The molecule has 0 fully saturated rings. The summed E-state index contributed by atoms with van der Waals surface area (Å²) in [4.78, 5) is 8.56. The van der Waals surface area contributed by atoms with Crippen LogP contribution in [0.4, 0.5) is 0 Å². The zero-order valence-corrected chi connectivity index (χ0v) is 4.72. The zero-order valence-electron chi connectivity index (χ0n) is 4.01. The molecule has 0 aromatic rings. The molecule has 0 bridgehead atoms. The van der Waals surface area contributed by atoms with Crippen molar-refractivity contribution in [1.82, 2.24) is 0 Å². The minimum atomic E-state index is -2.15. The van der Waals surface area contributed by atoms with Crippen molar-refractivity contribution >= 4 is 18.1 Å². The molecule has 0 aromatic carbocycles. The molecule has 1 N–H and O–H groups in total. The van der Waals surface area contributed by atoms with Crippen molar-refractivity contribution in [2.45, 2.75) is 0 Å². The summed E-state index contributed by atoms with van der Waals surface area (Å²) >= 11 is 4.47. The minimum Gasteiger partial charge on any atom is -0.366 e. The topological polar surface area (TPSA) is 20.2 Å². The van der Waals surface area contributed by atoms with Crippen molar-refractivity contribution in [3.63, 3.8) is 0 Å². The highest BCUT2D eigenvalue weighted by Gasteiger charge is 1.85. The van der Waals surface area contributed by atoms with E-state index in [4.69, 9.17) is 6.26 Å². The van der Waals surface area contributed by atoms with E-state index in [1.807, 2.05) is 0 Å². The van der Waals surface area contributed by atoms with Gasteiger partial charge in [0.05, 0.1) is 6.26 Å². The van der Waals surface area contributed by atoms with E-state index in [1.165, 1.54) is 6.66 Å². The van der Waals surface area contributed by atoms with E-state index in [-0.39, 0.29) is 6.64 Å². The Morgan fingerprint density at radius 3 is 2.40 bits per heavy atom. The highest BCUT2D eigenvalue weighted by atomic mass is 32.4. The van der Waals surface area contributed by atoms with Crippen LogP contribution in [0, 0.1) is 0 Å². The second kappa shape index (κ2) is 1.38. The Hall–Kier alpha value is 0.610. The summed E-state index contributed by atoms with van der Waals surface area (Å²) in [6, 6.07) is 0. The highest BCUT2D eigenvalue weighted by Crippen LogP contribution is 2.28. The molecule has 0 rings (SSSR count). The summed E-state index contributed by atoms with van der Waals surface area (Å²) in [6.45, 7) is 1.54. The maximum Gasteiger partial charge on any atom is 0.0578 e. The van der Waals surface area contributed by atoms with E-state index in [2.05, 4.69) is 11.8 Å². The van der Waals surface area contributed by atoms with Crippen LogP contribution in [0.25, 0.3) is 0 Å². The Balaban J connectivity index is 3.48. The Morgan fingerprint density at radius 2 is 2.40 bits per heavy atom. The summed E-state index contributed by atoms with van der Waals surface area (Å²) in [5, 5.41) is 0. The lowest BCUT2D eigenvalue weighted by atomic mass is 11.9. The van der Waals surface area contributed by atoms with Gasteiger partial charge in [0.1, 0.15) is 0 Å². The molecule has 0 aliphatic carbocycles. The van der Waals surface area contributed by atoms with Gasteiger partial charge in [-0.05, 0) is 13.3 Å². The monoisotopic (exact) mass is 111 g/mol. The second-order valence-electron chi connectivity index (χ2n) is 1.05. The summed E-state index contributed by atoms with van der Waals surface area (Å²) in [6.07, 6.45) is -2.15. The smallest absolute Gasteiger partial charge is 0.0578 e. The van der Waals surface area contributed by atoms with Gasteiger partial charge in [-0.1, -0.05) is 11.8 Å². The first-order valence-corrected chi connectivity index (χ1v) is 4.53. The van der Waals surface area contributed by atoms with Gasteiger partial charge in [-0.25, -0.2) is 0 Å². The van der Waals surface area contributed by atoms with Crippen LogP contribution in [-0.4, -0.2) is 18.2 Å². The van der Waals surface area contributed by atoms with Crippen LogP contribution >= 0.6 is 6.26 Å². The fourth-order valence-corrected chi connectivity index (χ4v) is 0. The maximum atomic E-state index is 8.56. The zero-order chi connectivity index (χ0) is 5.21. The van der Waals surface area contributed by atoms with Crippen LogP contribution in [0.1, 0.15) is 1.37 Å². The summed E-state index contributed by atoms with van der Waals surface area (Å²) < 4.78 is 6.55. The van der Waals surface area contributed by atoms with Crippen molar-refractivity contribution in [3.8, 4) is 0 Å². The molecule has 0 saturated heterocycles. The molecule has 0 spiro atoms. The fraction of sp³-hybridized carbons (Fsp3) is 1.00. The van der Waals surface area contributed by atoms with Gasteiger partial charge in [0.15, 0.2) is 0 Å². The fourth-order valence-electron chi connectivity index (χ4n) is 0. The number of hydrogen-bond acceptors (Lipinski definition) is 1. The summed E-state index contributed by atoms with van der Waals surface area (Å²) in [5.74, 6) is 0. The molecule has 0 radical (unpaired) electrons. The van der Waals surface area contributed by atoms with E-state index in [0.29, 0.717) is 0 Å². The van der Waals surface area contributed by atoms with Crippen molar-refractivity contribution in [2.75, 3.05) is 13.3 Å². The normalized spacial score (nSPS) is 24.0. The van der Waals surface area contributed by atoms with E-state index in [9.17, 15) is 0 Å². The van der Waals surface area contributed by atoms with Gasteiger partial charge in [-0.2, -0.15) is 0 Å². The largest absolute Gasteiger partial charge is 0.366 e. The lowest BCUT2D eigenvalue weighted by Crippen LogP contribution is -1.62. The van der Waals surface area contributed by atoms with E-state index < -0.39 is 6.26 Å². The van der Waals surface area contributed by atoms with Crippen molar-refractivity contribution in [2.24, 2.45) is 0 Å². The van der Waals surface area contributed by atoms with Gasteiger partial charge in [0.2, 0.25) is 0 Å². The van der Waals surface area contributed by atoms with Crippen LogP contribution in [0.15, 0.2) is 0 Å². The Labute approximate surface area is 38.5 Å². The lowest BCUT2D eigenvalue weighted by molar-refractivity contribution is 0.634. The van der Waals surface area contributed by atoms with Crippen molar-refractivity contribution in [1.29, 1.82) is 0 Å². The lowest BCUT2D eigenvalue weighted by Gasteiger charge is -1.91. The Morgan fingerprint density at radius 1 is 2.20 bits per heavy atom. The van der Waals surface area contributed by atoms with Gasteiger partial charge in [0, 0.05) is 1.37 Å². The van der Waals surface area contributed by atoms with Gasteiger partial charge in [-0.15, -0.1) is 0 Å². The molecular weight excluding hydrogens is 103 g/mol. The van der Waals surface area contributed by atoms with Gasteiger partial charge < -0.3 is 4.89 Å². The predicted molar refractivity (Wildman–Crippen MR) is 28.4 cm³/mol. The number of rotatable bonds is 0. The highest BCUT2D eigenvalue weighted by molar-refractivity contribution is 8.11. The first kappa shape index (κ1) is 3.79. The maximum absolute atomic E-state index is 8.56. The molecule has 0 heterocycles. The minimum absolute atomic E-state index is 0.00231. The second-order valence-corrected chi connectivity index (χ2v) is 5.51. The van der Waals surface area contributed by atoms with Crippen LogP contribution in [0.3, 0.4) is 0 Å². The average Bonchev–Trinajstić information content (AvgIpc) is 1.35. The molecule has 5 heavy (non-hydrogen) atoms. The Kier molecular flexibility index (Phi) is 1.04. The first-order valence-electron chi connectivity index (χ1n) is 1.85. The molecule has 32 valence electrons. The molecule has 0 saturated carbocycles. The molecule has 0 aliphatic rings. The van der Waals surface area contributed by atoms with Crippen molar-refractivity contribution < 1.29 is 6.26 Å². The molecule has 3 heteroatoms. The van der Waals surface area contributed by atoms with Crippen LogP contribution in [-0.2, 0) is 11.8 Å². The molecule has 0 aliphatic heterocycles. The van der Waals surface area contributed by atoms with Gasteiger partial charge in [0.25, 0.3) is 0 Å². The molecule has 1 nitrogen and oxygen atoms in total. The van der Waals surface area contributed by atoms with Crippen LogP contribution in [0.5, 0.6) is 0 Å². The molecular formula is C2H7OPS. The van der Waals surface area contributed by atoms with E-state index >= 15 is 0 Å². The molecule has 1 atom stereocenters. The third-order valence-corrected chi connectivity index (χ3v) is 0. The average molecular weight is 111 g/mol. The number of hydrogen-bond donors (Lipinski definition) is 1. The van der Waals surface area contributed by atoms with Crippen LogP contribution in [0.2, 0.25) is 0 Å². The van der Waals surface area contributed by atoms with Crippen molar-refractivity contribution in [3.05, 3.63) is 0 Å². The van der Waals surface area contributed by atoms with E-state index in [0.717, 1.165) is 0 Å². The summed E-state index contributed by atoms with van der Waals surface area (Å²) in [7, 11) is 0. The Bertz CT molecular complexity index is 77.6. The standard InChI is InChI=1S/C2H7OPS/c1-4(2,3)5/h1-2H3,(H,3,5)/i1D. The van der Waals surface area contributed by atoms with Crippen LogP contribution < -0.4 is 0 Å². The predicted octanol–water partition coefficient (Wildman–Crippen LogP) is 0.633. The van der Waals surface area contributed by atoms with Gasteiger partial charge in [-0.3, -0.25) is 0 Å². The SMILES string of the molecule is [2H]CP(C)(O)=S. The molecule has 0 amide bonds. The third kappa shape index (κ3) is 84.4. The third-order valence-electron chi connectivity index (χ3n) is 0. The molecule has 0 aromatic heterocycles. The van der Waals surface area contributed by atoms with E-state index in [1.54, 1.807) is 0 Å².